The van der Waals surface area contributed by atoms with E-state index >= 15 is 0 Å². The van der Waals surface area contributed by atoms with Gasteiger partial charge in [-0.3, -0.25) is 9.88 Å². The summed E-state index contributed by atoms with van der Waals surface area (Å²) in [6, 6.07) is 2.53. The number of hydrogen-bond donors (Lipinski definition) is 1. The standard InChI is InChI=1S/C11H15F2N3.2ClH/c12-11(13)10(9-1-3-14-4-2-9)16-7-5-15-6-8-16;;/h1-4,10-11,15H,5-8H2;2*1H/t10-;;/m0../s1. The van der Waals surface area contributed by atoms with E-state index in [1.54, 1.807) is 24.5 Å². The van der Waals surface area contributed by atoms with E-state index in [4.69, 9.17) is 0 Å². The third kappa shape index (κ3) is 4.31. The summed E-state index contributed by atoms with van der Waals surface area (Å²) >= 11 is 0. The first-order valence-corrected chi connectivity index (χ1v) is 5.42. The van der Waals surface area contributed by atoms with Crippen LogP contribution < -0.4 is 5.32 Å². The Labute approximate surface area is 118 Å². The number of nitrogens with one attached hydrogen (secondary N) is 1. The molecule has 3 nitrogen and oxygen atoms in total. The normalized spacial score (nSPS) is 17.7. The van der Waals surface area contributed by atoms with Gasteiger partial charge >= 0.3 is 0 Å². The van der Waals surface area contributed by atoms with E-state index in [1.165, 1.54) is 0 Å². The quantitative estimate of drug-likeness (QED) is 0.927. The minimum atomic E-state index is -2.36. The number of aromatic nitrogens is 1. The molecule has 2 rings (SSSR count). The van der Waals surface area contributed by atoms with Gasteiger partial charge in [0.05, 0.1) is 6.04 Å². The van der Waals surface area contributed by atoms with Gasteiger partial charge in [-0.25, -0.2) is 8.78 Å². The molecule has 1 atom stereocenters. The van der Waals surface area contributed by atoms with Crippen LogP contribution >= 0.6 is 24.8 Å². The van der Waals surface area contributed by atoms with Crippen LogP contribution in [0.2, 0.25) is 0 Å². The fourth-order valence-corrected chi connectivity index (χ4v) is 2.04. The van der Waals surface area contributed by atoms with Crippen LogP contribution in [0.1, 0.15) is 11.6 Å². The lowest BCUT2D eigenvalue weighted by Gasteiger charge is -2.34. The predicted molar refractivity (Wildman–Crippen MR) is 71.9 cm³/mol. The molecule has 1 aromatic rings. The summed E-state index contributed by atoms with van der Waals surface area (Å²) in [6.07, 6.45) is 0.764. The zero-order valence-electron chi connectivity index (χ0n) is 9.76. The lowest BCUT2D eigenvalue weighted by Crippen LogP contribution is -2.46. The van der Waals surface area contributed by atoms with Crippen LogP contribution in [0, 0.1) is 0 Å². The third-order valence-electron chi connectivity index (χ3n) is 2.83. The Hall–Kier alpha value is -0.490. The van der Waals surface area contributed by atoms with Crippen molar-refractivity contribution < 1.29 is 8.78 Å². The zero-order valence-corrected chi connectivity index (χ0v) is 11.4. The van der Waals surface area contributed by atoms with Gasteiger partial charge in [-0.2, -0.15) is 0 Å². The molecule has 0 aromatic carbocycles. The molecule has 0 bridgehead atoms. The smallest absolute Gasteiger partial charge is 0.258 e. The Morgan fingerprint density at radius 3 is 2.17 bits per heavy atom. The van der Waals surface area contributed by atoms with E-state index in [-0.39, 0.29) is 24.8 Å². The summed E-state index contributed by atoms with van der Waals surface area (Å²) in [4.78, 5) is 5.69. The van der Waals surface area contributed by atoms with E-state index in [2.05, 4.69) is 10.3 Å². The highest BCUT2D eigenvalue weighted by molar-refractivity contribution is 5.85. The molecule has 104 valence electrons. The minimum Gasteiger partial charge on any atom is -0.314 e. The minimum absolute atomic E-state index is 0. The van der Waals surface area contributed by atoms with E-state index < -0.39 is 12.5 Å². The monoisotopic (exact) mass is 299 g/mol. The fourth-order valence-electron chi connectivity index (χ4n) is 2.04. The van der Waals surface area contributed by atoms with Crippen molar-refractivity contribution >= 4 is 24.8 Å². The molecule has 0 spiro atoms. The van der Waals surface area contributed by atoms with Gasteiger partial charge in [-0.05, 0) is 17.7 Å². The number of halogens is 4. The lowest BCUT2D eigenvalue weighted by atomic mass is 10.1. The van der Waals surface area contributed by atoms with Crippen molar-refractivity contribution in [2.24, 2.45) is 0 Å². The molecule has 0 saturated carbocycles. The van der Waals surface area contributed by atoms with Crippen molar-refractivity contribution in [3.05, 3.63) is 30.1 Å². The van der Waals surface area contributed by atoms with Gasteiger partial charge in [0, 0.05) is 38.6 Å². The van der Waals surface area contributed by atoms with Crippen molar-refractivity contribution in [3.8, 4) is 0 Å². The summed E-state index contributed by atoms with van der Waals surface area (Å²) < 4.78 is 26.2. The molecular formula is C11H17Cl2F2N3. The van der Waals surface area contributed by atoms with Crippen molar-refractivity contribution in [3.63, 3.8) is 0 Å². The Bertz CT molecular complexity index is 321. The Morgan fingerprint density at radius 1 is 1.11 bits per heavy atom. The van der Waals surface area contributed by atoms with Crippen molar-refractivity contribution in [1.29, 1.82) is 0 Å². The molecule has 2 heterocycles. The first-order chi connectivity index (χ1) is 7.79. The summed E-state index contributed by atoms with van der Waals surface area (Å²) in [7, 11) is 0. The van der Waals surface area contributed by atoms with Crippen LogP contribution in [0.3, 0.4) is 0 Å². The van der Waals surface area contributed by atoms with Crippen LogP contribution in [-0.2, 0) is 0 Å². The molecular weight excluding hydrogens is 283 g/mol. The molecule has 1 aliphatic rings. The highest BCUT2D eigenvalue weighted by atomic mass is 35.5. The predicted octanol–water partition coefficient (Wildman–Crippen LogP) is 2.14. The second-order valence-electron chi connectivity index (χ2n) is 3.85. The average Bonchev–Trinajstić information content (AvgIpc) is 2.31. The molecule has 1 fully saturated rings. The van der Waals surface area contributed by atoms with Gasteiger partial charge in [0.1, 0.15) is 0 Å². The fraction of sp³-hybridized carbons (Fsp3) is 0.545. The van der Waals surface area contributed by atoms with E-state index in [9.17, 15) is 8.78 Å². The molecule has 1 saturated heterocycles. The second kappa shape index (κ2) is 8.58. The summed E-state index contributed by atoms with van der Waals surface area (Å²) in [6.45, 7) is 2.87. The van der Waals surface area contributed by atoms with E-state index in [0.717, 1.165) is 13.1 Å². The third-order valence-corrected chi connectivity index (χ3v) is 2.83. The van der Waals surface area contributed by atoms with Gasteiger partial charge < -0.3 is 5.32 Å². The molecule has 0 unspecified atom stereocenters. The van der Waals surface area contributed by atoms with Crippen LogP contribution in [-0.4, -0.2) is 42.5 Å². The number of alkyl halides is 2. The molecule has 7 heteroatoms. The maximum Gasteiger partial charge on any atom is 0.258 e. The van der Waals surface area contributed by atoms with Gasteiger partial charge in [-0.15, -0.1) is 24.8 Å². The Morgan fingerprint density at radius 2 is 1.67 bits per heavy atom. The maximum atomic E-state index is 13.1. The van der Waals surface area contributed by atoms with Gasteiger partial charge in [0.2, 0.25) is 0 Å². The van der Waals surface area contributed by atoms with Crippen molar-refractivity contribution in [1.82, 2.24) is 15.2 Å². The van der Waals surface area contributed by atoms with Gasteiger partial charge in [0.25, 0.3) is 6.43 Å². The summed E-state index contributed by atoms with van der Waals surface area (Å²) in [5, 5.41) is 3.16. The second-order valence-corrected chi connectivity index (χ2v) is 3.85. The molecule has 0 radical (unpaired) electrons. The van der Waals surface area contributed by atoms with Crippen LogP contribution in [0.15, 0.2) is 24.5 Å². The maximum absolute atomic E-state index is 13.1. The van der Waals surface area contributed by atoms with Crippen LogP contribution in [0.5, 0.6) is 0 Å². The number of pyridine rings is 1. The first-order valence-electron chi connectivity index (χ1n) is 5.42. The SMILES string of the molecule is Cl.Cl.FC(F)[C@H](c1ccncc1)N1CCNCC1. The van der Waals surface area contributed by atoms with Crippen molar-refractivity contribution in [2.45, 2.75) is 12.5 Å². The number of piperazine rings is 1. The van der Waals surface area contributed by atoms with Crippen LogP contribution in [0.25, 0.3) is 0 Å². The zero-order chi connectivity index (χ0) is 11.4. The molecule has 18 heavy (non-hydrogen) atoms. The number of nitrogens with zero attached hydrogens (tertiary/aromatic N) is 2. The first kappa shape index (κ1) is 17.5. The van der Waals surface area contributed by atoms with E-state index in [1.807, 2.05) is 4.90 Å². The lowest BCUT2D eigenvalue weighted by molar-refractivity contribution is 0.0181. The number of rotatable bonds is 3. The summed E-state index contributed by atoms with van der Waals surface area (Å²) in [5.41, 5.74) is 0.645. The van der Waals surface area contributed by atoms with Crippen LogP contribution in [0.4, 0.5) is 8.78 Å². The van der Waals surface area contributed by atoms with E-state index in [0.29, 0.717) is 18.7 Å². The molecule has 0 aliphatic carbocycles. The van der Waals surface area contributed by atoms with Crippen molar-refractivity contribution in [2.75, 3.05) is 26.2 Å². The highest BCUT2D eigenvalue weighted by Gasteiger charge is 2.29. The topological polar surface area (TPSA) is 28.2 Å². The average molecular weight is 300 g/mol. The molecule has 1 aliphatic heterocycles. The van der Waals surface area contributed by atoms with Gasteiger partial charge in [-0.1, -0.05) is 0 Å². The Kier molecular flexibility index (Phi) is 8.35. The molecule has 1 N–H and O–H groups in total. The molecule has 1 aromatic heterocycles. The largest absolute Gasteiger partial charge is 0.314 e. The Balaban J connectivity index is 0.00000144. The highest BCUT2D eigenvalue weighted by Crippen LogP contribution is 2.27. The molecule has 0 amide bonds. The summed E-state index contributed by atoms with van der Waals surface area (Å²) in [5.74, 6) is 0. The van der Waals surface area contributed by atoms with Gasteiger partial charge in [0.15, 0.2) is 0 Å². The number of hydrogen-bond acceptors (Lipinski definition) is 3.